The fourth-order valence-electron chi connectivity index (χ4n) is 11.9. The Hall–Kier alpha value is -8.13. The molecule has 1 aliphatic carbocycles. The van der Waals surface area contributed by atoms with E-state index in [1.807, 2.05) is 65.1 Å². The number of carbonyl (C=O) groups excluding carboxylic acids is 6. The second-order valence-corrected chi connectivity index (χ2v) is 25.0. The number of anilines is 2. The molecule has 3 aliphatic heterocycles. The third-order valence-electron chi connectivity index (χ3n) is 17.2. The maximum Gasteiger partial charge on any atom is 0.416 e. The van der Waals surface area contributed by atoms with Gasteiger partial charge in [0.05, 0.1) is 115 Å². The summed E-state index contributed by atoms with van der Waals surface area (Å²) in [6, 6.07) is 11.2. The van der Waals surface area contributed by atoms with Crippen LogP contribution in [0.3, 0.4) is 0 Å². The molecule has 5 N–H and O–H groups in total. The Morgan fingerprint density at radius 3 is 1.98 bits per heavy atom. The Labute approximate surface area is 577 Å². The number of fused-ring (bicyclic) bond motifs is 3. The van der Waals surface area contributed by atoms with Gasteiger partial charge in [0.25, 0.3) is 11.8 Å². The molecule has 6 amide bonds. The Kier molecular flexibility index (Phi) is 32.6. The molecule has 0 aromatic heterocycles. The summed E-state index contributed by atoms with van der Waals surface area (Å²) in [5.74, 6) is 0.204. The van der Waals surface area contributed by atoms with E-state index in [0.717, 1.165) is 28.9 Å². The highest BCUT2D eigenvalue weighted by atomic mass is 16.6. The summed E-state index contributed by atoms with van der Waals surface area (Å²) in [6.07, 6.45) is 23.2. The van der Waals surface area contributed by atoms with E-state index in [2.05, 4.69) is 26.3 Å². The van der Waals surface area contributed by atoms with Crippen molar-refractivity contribution in [3.63, 3.8) is 0 Å². The quantitative estimate of drug-likeness (QED) is 0.0263. The molecule has 4 atom stereocenters. The lowest BCUT2D eigenvalue weighted by atomic mass is 9.93. The third-order valence-corrected chi connectivity index (χ3v) is 17.2. The molecule has 536 valence electrons. The molecule has 3 aromatic carbocycles. The number of methoxy groups -OCH3 is 2. The number of carbonyl (C=O) groups is 6. The summed E-state index contributed by atoms with van der Waals surface area (Å²) in [6.45, 7) is 15.4. The van der Waals surface area contributed by atoms with Gasteiger partial charge in [0.15, 0.2) is 29.2 Å². The van der Waals surface area contributed by atoms with Crippen LogP contribution in [0.2, 0.25) is 0 Å². The Bertz CT molecular complexity index is 3230. The van der Waals surface area contributed by atoms with E-state index in [-0.39, 0.29) is 78.8 Å². The van der Waals surface area contributed by atoms with Gasteiger partial charge in [0.2, 0.25) is 17.7 Å². The van der Waals surface area contributed by atoms with E-state index in [1.165, 1.54) is 69.8 Å². The first-order valence-electron chi connectivity index (χ1n) is 34.8. The predicted molar refractivity (Wildman–Crippen MR) is 375 cm³/mol. The van der Waals surface area contributed by atoms with Crippen LogP contribution in [-0.2, 0) is 44.7 Å². The zero-order chi connectivity index (χ0) is 70.2. The molecular formula is C74H104N8O16. The number of benzene rings is 3. The second-order valence-electron chi connectivity index (χ2n) is 25.0. The summed E-state index contributed by atoms with van der Waals surface area (Å²) < 4.78 is 52.2. The van der Waals surface area contributed by atoms with Crippen LogP contribution in [0, 0.1) is 11.8 Å². The first-order chi connectivity index (χ1) is 47.5. The van der Waals surface area contributed by atoms with E-state index in [0.29, 0.717) is 138 Å². The maximum absolute atomic E-state index is 14.4. The van der Waals surface area contributed by atoms with Crippen LogP contribution in [0.1, 0.15) is 151 Å². The number of ether oxygens (including phenoxy) is 9. The number of aliphatic hydroxyl groups excluding tert-OH is 1. The van der Waals surface area contributed by atoms with Gasteiger partial charge in [0, 0.05) is 62.4 Å². The van der Waals surface area contributed by atoms with Crippen molar-refractivity contribution >= 4 is 58.9 Å². The highest BCUT2D eigenvalue weighted by molar-refractivity contribution is 6.06. The number of allylic oxidation sites excluding steroid dienone is 5. The van der Waals surface area contributed by atoms with Gasteiger partial charge in [-0.25, -0.2) is 9.69 Å². The minimum absolute atomic E-state index is 0.0221. The van der Waals surface area contributed by atoms with Crippen molar-refractivity contribution in [2.75, 3.05) is 110 Å². The van der Waals surface area contributed by atoms with Gasteiger partial charge in [-0.05, 0) is 112 Å². The van der Waals surface area contributed by atoms with Gasteiger partial charge >= 0.3 is 6.09 Å². The number of nitrogens with zero attached hydrogens (tertiary/aromatic N) is 4. The number of nitrogens with one attached hydrogen (secondary N) is 4. The SMILES string of the molecule is CC=CC(=CN1CC(O)N(C(=O)OCc2ccc(NC(=O)C(C)NC(=O)C(NCCCOCCOCCOCCOCCNC(=O)CC3CCCCCCCC3)C(C)C)cc2)c2cc(OCCCOc3cc4c(cc3OC)C(=O)N3C=C(C=CC)CC3C=N4)c(OC)cc2C1=O)CC. The zero-order valence-electron chi connectivity index (χ0n) is 58.6. The molecule has 4 aliphatic rings. The van der Waals surface area contributed by atoms with Crippen LogP contribution in [0.25, 0.3) is 0 Å². The number of rotatable bonds is 38. The van der Waals surface area contributed by atoms with Crippen molar-refractivity contribution in [3.05, 3.63) is 113 Å². The average Bonchev–Trinajstić information content (AvgIpc) is 1.56. The number of aliphatic imine (C=N–C) groups is 1. The van der Waals surface area contributed by atoms with Gasteiger partial charge in [-0.3, -0.25) is 29.0 Å². The molecule has 3 heterocycles. The molecule has 7 rings (SSSR count). The zero-order valence-corrected chi connectivity index (χ0v) is 58.6. The lowest BCUT2D eigenvalue weighted by molar-refractivity contribution is -0.128. The minimum Gasteiger partial charge on any atom is -0.493 e. The smallest absolute Gasteiger partial charge is 0.416 e. The molecule has 0 spiro atoms. The number of hydrogen-bond donors (Lipinski definition) is 5. The lowest BCUT2D eigenvalue weighted by Crippen LogP contribution is -2.52. The summed E-state index contributed by atoms with van der Waals surface area (Å²) >= 11 is 0. The fourth-order valence-corrected chi connectivity index (χ4v) is 11.9. The molecule has 1 saturated carbocycles. The van der Waals surface area contributed by atoms with Crippen LogP contribution in [0.15, 0.2) is 101 Å². The molecule has 4 unspecified atom stereocenters. The van der Waals surface area contributed by atoms with Gasteiger partial charge in [0.1, 0.15) is 12.6 Å². The van der Waals surface area contributed by atoms with Crippen LogP contribution in [0.4, 0.5) is 21.9 Å². The van der Waals surface area contributed by atoms with Crippen LogP contribution in [-0.4, -0.2) is 181 Å². The van der Waals surface area contributed by atoms with E-state index in [4.69, 9.17) is 42.6 Å². The van der Waals surface area contributed by atoms with Crippen LogP contribution >= 0.6 is 0 Å². The minimum atomic E-state index is -1.57. The maximum atomic E-state index is 14.4. The Balaban J connectivity index is 0.826. The molecule has 0 saturated heterocycles. The number of β-amino-alcohol motifs (C(OH)–C–C–N with tert-alkyl or cyclic N) is 1. The first-order valence-corrected chi connectivity index (χ1v) is 34.8. The largest absolute Gasteiger partial charge is 0.493 e. The number of hydrogen-bond acceptors (Lipinski definition) is 18. The normalized spacial score (nSPS) is 17.4. The first kappa shape index (κ1) is 77.2. The van der Waals surface area contributed by atoms with Crippen LogP contribution < -0.4 is 45.1 Å². The molecule has 24 nitrogen and oxygen atoms in total. The lowest BCUT2D eigenvalue weighted by Gasteiger charge is -2.27. The Morgan fingerprint density at radius 2 is 1.35 bits per heavy atom. The summed E-state index contributed by atoms with van der Waals surface area (Å²) in [7, 11) is 2.93. The van der Waals surface area contributed by atoms with Gasteiger partial charge in [-0.2, -0.15) is 0 Å². The molecule has 24 heteroatoms. The van der Waals surface area contributed by atoms with Crippen molar-refractivity contribution in [3.8, 4) is 23.0 Å². The van der Waals surface area contributed by atoms with E-state index in [1.54, 1.807) is 60.6 Å². The summed E-state index contributed by atoms with van der Waals surface area (Å²) in [5.41, 5.74) is 3.73. The predicted octanol–water partition coefficient (Wildman–Crippen LogP) is 10.5. The molecule has 0 bridgehead atoms. The number of amides is 6. The molecule has 3 aromatic rings. The summed E-state index contributed by atoms with van der Waals surface area (Å²) in [4.78, 5) is 90.4. The van der Waals surface area contributed by atoms with Gasteiger partial charge in [-0.1, -0.05) is 95.7 Å². The standard InChI is InChI=1S/C74H104N8O16/c1-9-20-53(11-3)47-80-49-68(84)82(62-45-66(64(91-8)43-60(62)72(80)87)97-32-19-31-96-65-44-61-59(42-63(65)90-7)73(88)81-48-56(21-10-2)40-58(81)46-77-61)74(89)98-50-55-24-26-57(27-25-55)79-70(85)52(6)78-71(86)69(51(4)5)76-28-18-30-92-34-36-94-38-39-95-37-35-93-33-29-75-67(83)41-54-22-16-14-12-13-15-17-23-54/h9-10,20-21,24-27,42-48,51-52,54,58,68-69,76,84H,11-19,22-23,28-41,49-50H2,1-8H3,(H,75,83)(H,78,86)(H,79,85). The Morgan fingerprint density at radius 1 is 0.714 bits per heavy atom. The fraction of sp³-hybridized carbons (Fsp3) is 0.554. The van der Waals surface area contributed by atoms with E-state index in [9.17, 15) is 33.9 Å². The van der Waals surface area contributed by atoms with E-state index < -0.39 is 36.2 Å². The topological polar surface area (TPSA) is 276 Å². The van der Waals surface area contributed by atoms with Crippen LogP contribution in [0.5, 0.6) is 23.0 Å². The van der Waals surface area contributed by atoms with Crippen molar-refractivity contribution in [2.24, 2.45) is 16.8 Å². The number of aliphatic hydroxyl groups is 1. The molecular weight excluding hydrogens is 1260 g/mol. The molecule has 98 heavy (non-hydrogen) atoms. The highest BCUT2D eigenvalue weighted by Crippen LogP contribution is 2.41. The monoisotopic (exact) mass is 1360 g/mol. The highest BCUT2D eigenvalue weighted by Gasteiger charge is 2.38. The van der Waals surface area contributed by atoms with Crippen molar-refractivity contribution < 1.29 is 76.5 Å². The summed E-state index contributed by atoms with van der Waals surface area (Å²) in [5, 5.41) is 23.8. The molecule has 1 fully saturated rings. The molecule has 0 radical (unpaired) electrons. The van der Waals surface area contributed by atoms with Crippen molar-refractivity contribution in [1.29, 1.82) is 0 Å². The van der Waals surface area contributed by atoms with Crippen molar-refractivity contribution in [1.82, 2.24) is 25.8 Å². The van der Waals surface area contributed by atoms with Gasteiger partial charge in [-0.15, -0.1) is 0 Å². The van der Waals surface area contributed by atoms with Crippen molar-refractivity contribution in [2.45, 2.75) is 156 Å². The van der Waals surface area contributed by atoms with E-state index >= 15 is 0 Å². The average molecular weight is 1360 g/mol. The third kappa shape index (κ3) is 23.8. The second kappa shape index (κ2) is 41.3. The van der Waals surface area contributed by atoms with Gasteiger partial charge < -0.3 is 78.8 Å².